The predicted octanol–water partition coefficient (Wildman–Crippen LogP) is 2.43. The summed E-state index contributed by atoms with van der Waals surface area (Å²) in [5, 5.41) is 3.10. The Hall–Kier alpha value is -1.71. The number of hydrogen-bond acceptors (Lipinski definition) is 3. The second-order valence-electron chi connectivity index (χ2n) is 6.25. The maximum Gasteiger partial charge on any atom is 0.231 e. The summed E-state index contributed by atoms with van der Waals surface area (Å²) >= 11 is 0. The van der Waals surface area contributed by atoms with Gasteiger partial charge in [0.15, 0.2) is 11.5 Å². The van der Waals surface area contributed by atoms with Crippen molar-refractivity contribution in [2.24, 2.45) is 5.41 Å². The second-order valence-corrected chi connectivity index (χ2v) is 6.25. The molecular formula is C15H19NO3. The maximum atomic E-state index is 12.0. The number of fused-ring (bicyclic) bond motifs is 1. The van der Waals surface area contributed by atoms with Gasteiger partial charge < -0.3 is 14.8 Å². The highest BCUT2D eigenvalue weighted by molar-refractivity contribution is 5.82. The summed E-state index contributed by atoms with van der Waals surface area (Å²) < 4.78 is 10.9. The summed E-state index contributed by atoms with van der Waals surface area (Å²) in [6, 6.07) is 6.17. The van der Waals surface area contributed by atoms with Crippen molar-refractivity contribution in [2.75, 3.05) is 6.79 Å². The third-order valence-electron chi connectivity index (χ3n) is 3.61. The molecule has 1 heterocycles. The lowest BCUT2D eigenvalue weighted by Crippen LogP contribution is -2.36. The van der Waals surface area contributed by atoms with E-state index in [4.69, 9.17) is 9.47 Å². The third kappa shape index (κ3) is 2.27. The van der Waals surface area contributed by atoms with Crippen LogP contribution >= 0.6 is 0 Å². The first kappa shape index (κ1) is 12.3. The van der Waals surface area contributed by atoms with Gasteiger partial charge in [0.25, 0.3) is 0 Å². The highest BCUT2D eigenvalue weighted by Crippen LogP contribution is 2.49. The first-order chi connectivity index (χ1) is 8.97. The Labute approximate surface area is 113 Å². The molecule has 0 spiro atoms. The molecule has 1 amide bonds. The molecule has 0 unspecified atom stereocenters. The molecule has 0 radical (unpaired) electrons. The fraction of sp³-hybridized carbons (Fsp3) is 0.533. The lowest BCUT2D eigenvalue weighted by molar-refractivity contribution is -0.128. The Balaban J connectivity index is 1.71. The quantitative estimate of drug-likeness (QED) is 0.889. The van der Waals surface area contributed by atoms with Crippen molar-refractivity contribution in [3.63, 3.8) is 0 Å². The number of hydrogen-bond donors (Lipinski definition) is 1. The monoisotopic (exact) mass is 261 g/mol. The van der Waals surface area contributed by atoms with E-state index in [0.717, 1.165) is 23.5 Å². The van der Waals surface area contributed by atoms with Gasteiger partial charge in [-0.05, 0) is 12.5 Å². The van der Waals surface area contributed by atoms with Crippen molar-refractivity contribution < 1.29 is 14.3 Å². The van der Waals surface area contributed by atoms with Crippen molar-refractivity contribution in [1.82, 2.24) is 5.32 Å². The van der Waals surface area contributed by atoms with Crippen molar-refractivity contribution in [1.29, 1.82) is 0 Å². The smallest absolute Gasteiger partial charge is 0.231 e. The molecule has 102 valence electrons. The standard InChI is InChI=1S/C15H19NO3/c1-15(2,3)14(17)16-11-7-10(11)9-5-4-6-12-13(9)19-8-18-12/h4-6,10-11H,7-8H2,1-3H3,(H,16,17)/t10-,11+/m0/s1. The van der Waals surface area contributed by atoms with Gasteiger partial charge in [-0.1, -0.05) is 32.9 Å². The summed E-state index contributed by atoms with van der Waals surface area (Å²) in [5.74, 6) is 2.11. The van der Waals surface area contributed by atoms with Gasteiger partial charge in [0.1, 0.15) is 0 Å². The molecule has 2 aliphatic rings. The number of para-hydroxylation sites is 1. The minimum atomic E-state index is -0.342. The summed E-state index contributed by atoms with van der Waals surface area (Å²) in [5.41, 5.74) is 0.806. The van der Waals surface area contributed by atoms with E-state index in [2.05, 4.69) is 11.4 Å². The largest absolute Gasteiger partial charge is 0.454 e. The Morgan fingerprint density at radius 2 is 2.11 bits per heavy atom. The van der Waals surface area contributed by atoms with Gasteiger partial charge in [0.2, 0.25) is 12.7 Å². The average molecular weight is 261 g/mol. The van der Waals surface area contributed by atoms with Gasteiger partial charge in [0, 0.05) is 22.9 Å². The first-order valence-electron chi connectivity index (χ1n) is 6.66. The molecule has 1 aliphatic carbocycles. The molecular weight excluding hydrogens is 242 g/mol. The average Bonchev–Trinajstić information content (AvgIpc) is 2.92. The number of carbonyl (C=O) groups is 1. The van der Waals surface area contributed by atoms with Crippen LogP contribution in [-0.2, 0) is 4.79 Å². The zero-order chi connectivity index (χ0) is 13.6. The Kier molecular flexibility index (Phi) is 2.69. The fourth-order valence-corrected chi connectivity index (χ4v) is 2.33. The maximum absolute atomic E-state index is 12.0. The lowest BCUT2D eigenvalue weighted by Gasteiger charge is -2.17. The minimum absolute atomic E-state index is 0.102. The molecule has 1 aliphatic heterocycles. The van der Waals surface area contributed by atoms with Gasteiger partial charge in [-0.2, -0.15) is 0 Å². The van der Waals surface area contributed by atoms with Crippen LogP contribution in [0.4, 0.5) is 0 Å². The van der Waals surface area contributed by atoms with Crippen molar-refractivity contribution >= 4 is 5.91 Å². The molecule has 1 saturated carbocycles. The number of nitrogens with one attached hydrogen (secondary N) is 1. The van der Waals surface area contributed by atoms with Crippen LogP contribution in [0.15, 0.2) is 18.2 Å². The number of benzene rings is 1. The van der Waals surface area contributed by atoms with E-state index >= 15 is 0 Å². The predicted molar refractivity (Wildman–Crippen MR) is 71.3 cm³/mol. The third-order valence-corrected chi connectivity index (χ3v) is 3.61. The van der Waals surface area contributed by atoms with Crippen LogP contribution in [0.2, 0.25) is 0 Å². The van der Waals surface area contributed by atoms with E-state index in [-0.39, 0.29) is 24.2 Å². The van der Waals surface area contributed by atoms with Crippen LogP contribution in [0.3, 0.4) is 0 Å². The Morgan fingerprint density at radius 3 is 2.84 bits per heavy atom. The van der Waals surface area contributed by atoms with Crippen molar-refractivity contribution in [3.8, 4) is 11.5 Å². The van der Waals surface area contributed by atoms with Crippen LogP contribution in [0.25, 0.3) is 0 Å². The Bertz CT molecular complexity index is 519. The van der Waals surface area contributed by atoms with E-state index in [1.807, 2.05) is 32.9 Å². The zero-order valence-electron chi connectivity index (χ0n) is 11.5. The van der Waals surface area contributed by atoms with Crippen LogP contribution in [0, 0.1) is 5.41 Å². The van der Waals surface area contributed by atoms with Crippen molar-refractivity contribution in [2.45, 2.75) is 39.2 Å². The zero-order valence-corrected chi connectivity index (χ0v) is 11.5. The molecule has 0 aromatic heterocycles. The SMILES string of the molecule is CC(C)(C)C(=O)N[C@@H]1C[C@H]1c1cccc2c1OCO2. The molecule has 1 aromatic rings. The lowest BCUT2D eigenvalue weighted by atomic mass is 9.95. The molecule has 19 heavy (non-hydrogen) atoms. The fourth-order valence-electron chi connectivity index (χ4n) is 2.33. The van der Waals surface area contributed by atoms with Crippen molar-refractivity contribution in [3.05, 3.63) is 23.8 Å². The van der Waals surface area contributed by atoms with Gasteiger partial charge in [-0.25, -0.2) is 0 Å². The van der Waals surface area contributed by atoms with E-state index in [1.54, 1.807) is 0 Å². The minimum Gasteiger partial charge on any atom is -0.454 e. The van der Waals surface area contributed by atoms with Crippen LogP contribution in [0.5, 0.6) is 11.5 Å². The van der Waals surface area contributed by atoms with Gasteiger partial charge >= 0.3 is 0 Å². The first-order valence-corrected chi connectivity index (χ1v) is 6.66. The highest BCUT2D eigenvalue weighted by atomic mass is 16.7. The molecule has 1 N–H and O–H groups in total. The molecule has 2 atom stereocenters. The van der Waals surface area contributed by atoms with E-state index < -0.39 is 0 Å². The van der Waals surface area contributed by atoms with E-state index in [9.17, 15) is 4.79 Å². The normalized spacial score (nSPS) is 24.2. The number of ether oxygens (including phenoxy) is 2. The van der Waals surface area contributed by atoms with Gasteiger partial charge in [0.05, 0.1) is 0 Å². The molecule has 0 saturated heterocycles. The molecule has 0 bridgehead atoms. The number of amides is 1. The second kappa shape index (κ2) is 4.15. The summed E-state index contributed by atoms with van der Waals surface area (Å²) in [6.45, 7) is 6.07. The molecule has 3 rings (SSSR count). The van der Waals surface area contributed by atoms with Gasteiger partial charge in [-0.3, -0.25) is 4.79 Å². The summed E-state index contributed by atoms with van der Waals surface area (Å²) in [7, 11) is 0. The van der Waals surface area contributed by atoms with E-state index in [0.29, 0.717) is 5.92 Å². The van der Waals surface area contributed by atoms with Crippen LogP contribution in [0.1, 0.15) is 38.7 Å². The summed E-state index contributed by atoms with van der Waals surface area (Å²) in [6.07, 6.45) is 0.974. The van der Waals surface area contributed by atoms with Crippen LogP contribution in [-0.4, -0.2) is 18.7 Å². The Morgan fingerprint density at radius 1 is 1.32 bits per heavy atom. The number of carbonyl (C=O) groups excluding carboxylic acids is 1. The molecule has 1 fully saturated rings. The topological polar surface area (TPSA) is 47.6 Å². The van der Waals surface area contributed by atoms with E-state index in [1.165, 1.54) is 0 Å². The molecule has 4 heteroatoms. The molecule has 1 aromatic carbocycles. The highest BCUT2D eigenvalue weighted by Gasteiger charge is 2.43. The van der Waals surface area contributed by atoms with Gasteiger partial charge in [-0.15, -0.1) is 0 Å². The summed E-state index contributed by atoms with van der Waals surface area (Å²) in [4.78, 5) is 12.0. The number of rotatable bonds is 2. The molecule has 4 nitrogen and oxygen atoms in total. The van der Waals surface area contributed by atoms with Crippen LogP contribution < -0.4 is 14.8 Å².